The minimum Gasteiger partial charge on any atom is -0.454 e. The molecule has 0 aromatic heterocycles. The smallest absolute Gasteiger partial charge is 0.231 e. The third kappa shape index (κ3) is 2.49. The van der Waals surface area contributed by atoms with Gasteiger partial charge in [0, 0.05) is 5.41 Å². The number of benzene rings is 1. The third-order valence-corrected chi connectivity index (χ3v) is 3.13. The van der Waals surface area contributed by atoms with E-state index in [0.717, 1.165) is 11.3 Å². The maximum Gasteiger partial charge on any atom is 0.231 e. The quantitative estimate of drug-likeness (QED) is 0.788. The van der Waals surface area contributed by atoms with Crippen LogP contribution in [0, 0.1) is 5.41 Å². The van der Waals surface area contributed by atoms with Gasteiger partial charge < -0.3 is 14.6 Å². The van der Waals surface area contributed by atoms with Crippen molar-refractivity contribution >= 4 is 6.08 Å². The van der Waals surface area contributed by atoms with Gasteiger partial charge in [0.25, 0.3) is 0 Å². The third-order valence-electron chi connectivity index (χ3n) is 3.13. The van der Waals surface area contributed by atoms with E-state index in [1.165, 1.54) is 0 Å². The summed E-state index contributed by atoms with van der Waals surface area (Å²) in [6.07, 6.45) is 3.39. The Labute approximate surface area is 107 Å². The molecule has 1 aliphatic rings. The van der Waals surface area contributed by atoms with Gasteiger partial charge in [-0.1, -0.05) is 32.9 Å². The maximum atomic E-state index is 10.1. The van der Waals surface area contributed by atoms with Crippen LogP contribution < -0.4 is 15.2 Å². The fourth-order valence-electron chi connectivity index (χ4n) is 1.49. The molecule has 1 aromatic carbocycles. The second-order valence-electron chi connectivity index (χ2n) is 5.52. The molecule has 1 aromatic rings. The van der Waals surface area contributed by atoms with Crippen LogP contribution in [0.4, 0.5) is 0 Å². The Balaban J connectivity index is 2.19. The summed E-state index contributed by atoms with van der Waals surface area (Å²) in [7, 11) is 0. The summed E-state index contributed by atoms with van der Waals surface area (Å²) in [6, 6.07) is 5.59. The Morgan fingerprint density at radius 2 is 1.89 bits per heavy atom. The Morgan fingerprint density at radius 3 is 2.56 bits per heavy atom. The van der Waals surface area contributed by atoms with Crippen molar-refractivity contribution in [2.75, 3.05) is 6.79 Å². The first-order valence-corrected chi connectivity index (χ1v) is 5.90. The predicted molar refractivity (Wildman–Crippen MR) is 70.2 cm³/mol. The predicted octanol–water partition coefficient (Wildman–Crippen LogP) is 2.12. The van der Waals surface area contributed by atoms with E-state index < -0.39 is 11.1 Å². The van der Waals surface area contributed by atoms with Crippen molar-refractivity contribution in [3.05, 3.63) is 29.8 Å². The van der Waals surface area contributed by atoms with Crippen molar-refractivity contribution in [1.29, 1.82) is 0 Å². The van der Waals surface area contributed by atoms with Gasteiger partial charge in [-0.05, 0) is 23.8 Å². The standard InChI is InChI=1S/C14H19NO3/c1-13(2,3)14(15,16)7-6-10-4-5-11-12(8-10)18-9-17-11/h4-8,16H,9,15H2,1-3H3. The minimum atomic E-state index is -1.36. The van der Waals surface area contributed by atoms with Crippen LogP contribution in [0.3, 0.4) is 0 Å². The molecule has 0 saturated carbocycles. The molecule has 0 radical (unpaired) electrons. The Morgan fingerprint density at radius 1 is 1.22 bits per heavy atom. The van der Waals surface area contributed by atoms with E-state index in [2.05, 4.69) is 0 Å². The topological polar surface area (TPSA) is 64.7 Å². The molecule has 18 heavy (non-hydrogen) atoms. The Kier molecular flexibility index (Phi) is 3.09. The molecule has 4 nitrogen and oxygen atoms in total. The summed E-state index contributed by atoms with van der Waals surface area (Å²) in [6.45, 7) is 5.91. The van der Waals surface area contributed by atoms with Gasteiger partial charge in [-0.25, -0.2) is 0 Å². The first-order chi connectivity index (χ1) is 8.29. The lowest BCUT2D eigenvalue weighted by atomic mass is 9.83. The zero-order chi connectivity index (χ0) is 13.4. The van der Waals surface area contributed by atoms with Crippen LogP contribution in [0.15, 0.2) is 24.3 Å². The summed E-state index contributed by atoms with van der Waals surface area (Å²) >= 11 is 0. The SMILES string of the molecule is CC(C)(C)C(N)(O)C=Cc1ccc2c(c1)OCO2. The van der Waals surface area contributed by atoms with Gasteiger partial charge >= 0.3 is 0 Å². The van der Waals surface area contributed by atoms with Crippen LogP contribution in [-0.4, -0.2) is 17.6 Å². The van der Waals surface area contributed by atoms with E-state index in [1.807, 2.05) is 39.0 Å². The van der Waals surface area contributed by atoms with Crippen LogP contribution in [-0.2, 0) is 0 Å². The maximum absolute atomic E-state index is 10.1. The molecule has 0 bridgehead atoms. The Hall–Kier alpha value is -1.52. The lowest BCUT2D eigenvalue weighted by molar-refractivity contribution is -0.00711. The largest absolute Gasteiger partial charge is 0.454 e. The summed E-state index contributed by atoms with van der Waals surface area (Å²) in [5, 5.41) is 10.1. The van der Waals surface area contributed by atoms with E-state index in [1.54, 1.807) is 12.2 Å². The fourth-order valence-corrected chi connectivity index (χ4v) is 1.49. The molecule has 0 saturated heterocycles. The average Bonchev–Trinajstić information content (AvgIpc) is 2.71. The first-order valence-electron chi connectivity index (χ1n) is 5.90. The zero-order valence-electron chi connectivity index (χ0n) is 10.9. The number of fused-ring (bicyclic) bond motifs is 1. The molecule has 1 atom stereocenters. The number of ether oxygens (including phenoxy) is 2. The number of aliphatic hydroxyl groups is 1. The molecule has 3 N–H and O–H groups in total. The lowest BCUT2D eigenvalue weighted by Crippen LogP contribution is -2.49. The lowest BCUT2D eigenvalue weighted by Gasteiger charge is -2.33. The second kappa shape index (κ2) is 4.30. The molecule has 0 amide bonds. The molecular weight excluding hydrogens is 230 g/mol. The number of hydrogen-bond donors (Lipinski definition) is 2. The van der Waals surface area contributed by atoms with Gasteiger partial charge in [0.05, 0.1) is 0 Å². The molecule has 0 aliphatic carbocycles. The van der Waals surface area contributed by atoms with Gasteiger partial charge in [-0.2, -0.15) is 0 Å². The number of nitrogens with two attached hydrogens (primary N) is 1. The molecule has 2 rings (SSSR count). The number of hydrogen-bond acceptors (Lipinski definition) is 4. The normalized spacial score (nSPS) is 18.1. The highest BCUT2D eigenvalue weighted by Crippen LogP contribution is 2.33. The molecule has 4 heteroatoms. The van der Waals surface area contributed by atoms with Gasteiger partial charge in [0.1, 0.15) is 5.72 Å². The molecule has 98 valence electrons. The van der Waals surface area contributed by atoms with E-state index in [-0.39, 0.29) is 6.79 Å². The zero-order valence-corrected chi connectivity index (χ0v) is 10.9. The molecule has 1 aliphatic heterocycles. The fraction of sp³-hybridized carbons (Fsp3) is 0.429. The van der Waals surface area contributed by atoms with Crippen molar-refractivity contribution < 1.29 is 14.6 Å². The van der Waals surface area contributed by atoms with E-state index >= 15 is 0 Å². The van der Waals surface area contributed by atoms with Crippen LogP contribution in [0.1, 0.15) is 26.3 Å². The van der Waals surface area contributed by atoms with E-state index in [4.69, 9.17) is 15.2 Å². The molecule has 1 heterocycles. The van der Waals surface area contributed by atoms with Gasteiger partial charge in [-0.3, -0.25) is 5.73 Å². The number of rotatable bonds is 2. The first kappa shape index (κ1) is 12.9. The molecule has 0 spiro atoms. The van der Waals surface area contributed by atoms with Gasteiger partial charge in [0.15, 0.2) is 11.5 Å². The minimum absolute atomic E-state index is 0.255. The van der Waals surface area contributed by atoms with E-state index in [9.17, 15) is 5.11 Å². The average molecular weight is 249 g/mol. The van der Waals surface area contributed by atoms with E-state index in [0.29, 0.717) is 5.75 Å². The summed E-state index contributed by atoms with van der Waals surface area (Å²) < 4.78 is 10.5. The van der Waals surface area contributed by atoms with Crippen LogP contribution in [0.5, 0.6) is 11.5 Å². The second-order valence-corrected chi connectivity index (χ2v) is 5.52. The van der Waals surface area contributed by atoms with Gasteiger partial charge in [-0.15, -0.1) is 0 Å². The summed E-state index contributed by atoms with van der Waals surface area (Å²) in [5.41, 5.74) is 4.99. The van der Waals surface area contributed by atoms with Crippen molar-refractivity contribution in [3.63, 3.8) is 0 Å². The Bertz CT molecular complexity index is 472. The highest BCUT2D eigenvalue weighted by Gasteiger charge is 2.33. The van der Waals surface area contributed by atoms with Crippen molar-refractivity contribution in [3.8, 4) is 11.5 Å². The van der Waals surface area contributed by atoms with Crippen molar-refractivity contribution in [2.24, 2.45) is 11.1 Å². The molecular formula is C14H19NO3. The molecule has 1 unspecified atom stereocenters. The van der Waals surface area contributed by atoms with Crippen molar-refractivity contribution in [2.45, 2.75) is 26.5 Å². The monoisotopic (exact) mass is 249 g/mol. The van der Waals surface area contributed by atoms with Gasteiger partial charge in [0.2, 0.25) is 6.79 Å². The van der Waals surface area contributed by atoms with Crippen LogP contribution >= 0.6 is 0 Å². The van der Waals surface area contributed by atoms with Crippen LogP contribution in [0.2, 0.25) is 0 Å². The van der Waals surface area contributed by atoms with Crippen LogP contribution in [0.25, 0.3) is 6.08 Å². The van der Waals surface area contributed by atoms with Crippen molar-refractivity contribution in [1.82, 2.24) is 0 Å². The summed E-state index contributed by atoms with van der Waals surface area (Å²) in [4.78, 5) is 0. The highest BCUT2D eigenvalue weighted by molar-refractivity contribution is 5.57. The molecule has 0 fully saturated rings. The summed E-state index contributed by atoms with van der Waals surface area (Å²) in [5.74, 6) is 1.46. The highest BCUT2D eigenvalue weighted by atomic mass is 16.7.